The van der Waals surface area contributed by atoms with Crippen LogP contribution in [0.15, 0.2) is 0 Å². The fourth-order valence-corrected chi connectivity index (χ4v) is 2.53. The summed E-state index contributed by atoms with van der Waals surface area (Å²) in [5.41, 5.74) is -1.45. The van der Waals surface area contributed by atoms with Gasteiger partial charge in [-0.3, -0.25) is 4.79 Å². The molecular weight excluding hydrogens is 348 g/mol. The number of nitrogens with zero attached hydrogens (tertiary/aromatic N) is 1. The highest BCUT2D eigenvalue weighted by Crippen LogP contribution is 2.27. The molecule has 0 unspecified atom stereocenters. The van der Waals surface area contributed by atoms with E-state index in [-0.39, 0.29) is 11.3 Å². The van der Waals surface area contributed by atoms with Crippen molar-refractivity contribution in [2.45, 2.75) is 86.4 Å². The molecule has 0 aliphatic heterocycles. The minimum absolute atomic E-state index is 0.191. The number of amides is 2. The van der Waals surface area contributed by atoms with Gasteiger partial charge in [0.15, 0.2) is 0 Å². The molecule has 0 aromatic carbocycles. The summed E-state index contributed by atoms with van der Waals surface area (Å²) in [7, 11) is 2.86. The maximum Gasteiger partial charge on any atom is 0.408 e. The number of carbonyl (C=O) groups is 3. The number of hydrogen-bond acceptors (Lipinski definition) is 5. The first-order valence-corrected chi connectivity index (χ1v) is 9.23. The molecule has 0 fully saturated rings. The molecule has 0 heterocycles. The number of carbonyl (C=O) groups excluding carboxylic acids is 3. The average molecular weight is 387 g/mol. The van der Waals surface area contributed by atoms with Crippen LogP contribution in [0.5, 0.6) is 0 Å². The van der Waals surface area contributed by atoms with Crippen LogP contribution in [0.4, 0.5) is 4.79 Å². The predicted octanol–water partition coefficient (Wildman–Crippen LogP) is 3.36. The van der Waals surface area contributed by atoms with E-state index in [1.807, 2.05) is 41.5 Å². The van der Waals surface area contributed by atoms with E-state index >= 15 is 0 Å². The summed E-state index contributed by atoms with van der Waals surface area (Å²) in [5, 5.41) is 2.66. The van der Waals surface area contributed by atoms with Gasteiger partial charge in [0, 0.05) is 7.05 Å². The van der Waals surface area contributed by atoms with Gasteiger partial charge in [-0.05, 0) is 38.0 Å². The Kier molecular flexibility index (Phi) is 8.34. The summed E-state index contributed by atoms with van der Waals surface area (Å²) in [5.74, 6) is -0.848. The van der Waals surface area contributed by atoms with E-state index in [9.17, 15) is 14.4 Å². The second-order valence-corrected chi connectivity index (χ2v) is 10.2. The number of nitrogens with one attached hydrogen (secondary N) is 1. The Hall–Kier alpha value is -1.79. The van der Waals surface area contributed by atoms with Gasteiger partial charge < -0.3 is 19.7 Å². The Balaban J connectivity index is 5.62. The highest BCUT2D eigenvalue weighted by Gasteiger charge is 2.40. The smallest absolute Gasteiger partial charge is 0.408 e. The molecule has 2 amide bonds. The van der Waals surface area contributed by atoms with Gasteiger partial charge in [0.05, 0.1) is 7.11 Å². The molecule has 0 aromatic heterocycles. The minimum Gasteiger partial charge on any atom is -0.467 e. The fraction of sp³-hybridized carbons (Fsp3) is 0.850. The summed E-state index contributed by atoms with van der Waals surface area (Å²) in [6.45, 7) is 16.8. The van der Waals surface area contributed by atoms with E-state index < -0.39 is 35.2 Å². The van der Waals surface area contributed by atoms with Crippen LogP contribution in [-0.2, 0) is 19.1 Å². The Morgan fingerprint density at radius 2 is 1.44 bits per heavy atom. The molecule has 7 heteroatoms. The van der Waals surface area contributed by atoms with Crippen LogP contribution in [-0.4, -0.2) is 54.7 Å². The Labute approximate surface area is 164 Å². The first-order chi connectivity index (χ1) is 11.9. The van der Waals surface area contributed by atoms with Gasteiger partial charge in [-0.1, -0.05) is 41.5 Å². The Bertz CT molecular complexity index is 538. The maximum absolute atomic E-state index is 13.2. The van der Waals surface area contributed by atoms with Crippen molar-refractivity contribution < 1.29 is 23.9 Å². The molecule has 2 atom stereocenters. The molecule has 0 saturated carbocycles. The topological polar surface area (TPSA) is 84.9 Å². The lowest BCUT2D eigenvalue weighted by Crippen LogP contribution is -2.58. The molecule has 0 aliphatic carbocycles. The monoisotopic (exact) mass is 386 g/mol. The Morgan fingerprint density at radius 1 is 0.963 bits per heavy atom. The third kappa shape index (κ3) is 9.11. The zero-order chi connectivity index (χ0) is 21.8. The molecule has 0 bridgehead atoms. The van der Waals surface area contributed by atoms with E-state index in [1.165, 1.54) is 12.0 Å². The molecule has 7 nitrogen and oxygen atoms in total. The van der Waals surface area contributed by atoms with E-state index in [1.54, 1.807) is 27.8 Å². The minimum atomic E-state index is -0.857. The van der Waals surface area contributed by atoms with Crippen LogP contribution in [0.1, 0.15) is 68.7 Å². The third-order valence-electron chi connectivity index (χ3n) is 3.87. The molecule has 0 aromatic rings. The van der Waals surface area contributed by atoms with Crippen LogP contribution in [0.3, 0.4) is 0 Å². The van der Waals surface area contributed by atoms with Gasteiger partial charge in [-0.25, -0.2) is 9.59 Å². The molecule has 0 spiro atoms. The highest BCUT2D eigenvalue weighted by atomic mass is 16.6. The SMILES string of the molecule is COC(=O)[C@H](CC(C)(C)C)N(C)C(=O)[C@@H](NC(=O)OC(C)(C)C)C(C)(C)C. The number of ether oxygens (including phenoxy) is 2. The average Bonchev–Trinajstić information content (AvgIpc) is 2.44. The predicted molar refractivity (Wildman–Crippen MR) is 105 cm³/mol. The van der Waals surface area contributed by atoms with Crippen LogP contribution in [0.2, 0.25) is 0 Å². The molecular formula is C20H38N2O5. The van der Waals surface area contributed by atoms with Crippen molar-refractivity contribution in [3.63, 3.8) is 0 Å². The molecule has 0 radical (unpaired) electrons. The normalized spacial score (nSPS) is 14.8. The molecule has 1 N–H and O–H groups in total. The number of hydrogen-bond donors (Lipinski definition) is 1. The summed E-state index contributed by atoms with van der Waals surface area (Å²) >= 11 is 0. The van der Waals surface area contributed by atoms with Crippen molar-refractivity contribution in [3.05, 3.63) is 0 Å². The lowest BCUT2D eigenvalue weighted by molar-refractivity contribution is -0.154. The second kappa shape index (κ2) is 8.93. The van der Waals surface area contributed by atoms with Gasteiger partial charge >= 0.3 is 12.1 Å². The number of esters is 1. The summed E-state index contributed by atoms with van der Waals surface area (Å²) < 4.78 is 10.2. The van der Waals surface area contributed by atoms with Crippen LogP contribution >= 0.6 is 0 Å². The van der Waals surface area contributed by atoms with Crippen LogP contribution in [0.25, 0.3) is 0 Å². The summed E-state index contributed by atoms with van der Waals surface area (Å²) in [6, 6.07) is -1.60. The van der Waals surface area contributed by atoms with Gasteiger partial charge in [-0.15, -0.1) is 0 Å². The molecule has 0 aliphatic rings. The molecule has 158 valence electrons. The van der Waals surface area contributed by atoms with Crippen molar-refractivity contribution in [1.29, 1.82) is 0 Å². The zero-order valence-electron chi connectivity index (χ0n) is 18.9. The third-order valence-corrected chi connectivity index (χ3v) is 3.87. The summed E-state index contributed by atoms with van der Waals surface area (Å²) in [4.78, 5) is 39.1. The van der Waals surface area contributed by atoms with E-state index in [0.717, 1.165) is 0 Å². The number of likely N-dealkylation sites (N-methyl/N-ethyl adjacent to an activating group) is 1. The maximum atomic E-state index is 13.2. The second-order valence-electron chi connectivity index (χ2n) is 10.2. The van der Waals surface area contributed by atoms with Crippen molar-refractivity contribution in [3.8, 4) is 0 Å². The van der Waals surface area contributed by atoms with Gasteiger partial charge in [0.2, 0.25) is 5.91 Å². The van der Waals surface area contributed by atoms with Crippen LogP contribution in [0, 0.1) is 10.8 Å². The fourth-order valence-electron chi connectivity index (χ4n) is 2.53. The van der Waals surface area contributed by atoms with Gasteiger partial charge in [0.1, 0.15) is 17.7 Å². The van der Waals surface area contributed by atoms with E-state index in [2.05, 4.69) is 5.32 Å². The standard InChI is InChI=1S/C20H38N2O5/c1-18(2,3)12-13(16(24)26-11)22(10)15(23)14(19(4,5)6)21-17(25)27-20(7,8)9/h13-14H,12H2,1-11H3,(H,21,25)/t13-,14+/m0/s1. The number of alkyl carbamates (subject to hydrolysis) is 1. The van der Waals surface area contributed by atoms with Crippen molar-refractivity contribution >= 4 is 18.0 Å². The van der Waals surface area contributed by atoms with Crippen molar-refractivity contribution in [1.82, 2.24) is 10.2 Å². The van der Waals surface area contributed by atoms with E-state index in [4.69, 9.17) is 9.47 Å². The highest BCUT2D eigenvalue weighted by molar-refractivity contribution is 5.90. The first-order valence-electron chi connectivity index (χ1n) is 9.23. The van der Waals surface area contributed by atoms with Crippen molar-refractivity contribution in [2.24, 2.45) is 10.8 Å². The quantitative estimate of drug-likeness (QED) is 0.732. The number of methoxy groups -OCH3 is 1. The van der Waals surface area contributed by atoms with Crippen LogP contribution < -0.4 is 5.32 Å². The lowest BCUT2D eigenvalue weighted by atomic mass is 9.84. The van der Waals surface area contributed by atoms with Crippen molar-refractivity contribution in [2.75, 3.05) is 14.2 Å². The lowest BCUT2D eigenvalue weighted by Gasteiger charge is -2.37. The largest absolute Gasteiger partial charge is 0.467 e. The van der Waals surface area contributed by atoms with E-state index in [0.29, 0.717) is 6.42 Å². The van der Waals surface area contributed by atoms with Gasteiger partial charge in [-0.2, -0.15) is 0 Å². The molecule has 27 heavy (non-hydrogen) atoms. The van der Waals surface area contributed by atoms with Gasteiger partial charge in [0.25, 0.3) is 0 Å². The number of rotatable bonds is 5. The molecule has 0 rings (SSSR count). The molecule has 0 saturated heterocycles. The summed E-state index contributed by atoms with van der Waals surface area (Å²) in [6.07, 6.45) is -0.236. The Morgan fingerprint density at radius 3 is 1.78 bits per heavy atom. The zero-order valence-corrected chi connectivity index (χ0v) is 18.9. The first kappa shape index (κ1) is 25.2.